The van der Waals surface area contributed by atoms with Crippen LogP contribution < -0.4 is 0 Å². The third-order valence-corrected chi connectivity index (χ3v) is 5.38. The van der Waals surface area contributed by atoms with Crippen molar-refractivity contribution in [1.29, 1.82) is 0 Å². The van der Waals surface area contributed by atoms with Crippen LogP contribution in [0.4, 0.5) is 0 Å². The lowest BCUT2D eigenvalue weighted by Gasteiger charge is -2.22. The molecule has 1 aromatic carbocycles. The first kappa shape index (κ1) is 18.1. The van der Waals surface area contributed by atoms with Crippen LogP contribution in [-0.4, -0.2) is 37.5 Å². The van der Waals surface area contributed by atoms with Gasteiger partial charge >= 0.3 is 0 Å². The van der Waals surface area contributed by atoms with Crippen molar-refractivity contribution >= 4 is 10.0 Å². The maximum Gasteiger partial charge on any atom is 0.243 e. The van der Waals surface area contributed by atoms with Crippen molar-refractivity contribution in [2.45, 2.75) is 50.8 Å². The minimum absolute atomic E-state index is 0.00467. The number of unbranched alkanes of at least 4 members (excludes halogenated alkanes) is 1. The van der Waals surface area contributed by atoms with Gasteiger partial charge in [-0.25, -0.2) is 8.42 Å². The second kappa shape index (κ2) is 7.38. The summed E-state index contributed by atoms with van der Waals surface area (Å²) in [5.74, 6) is 0. The van der Waals surface area contributed by atoms with E-state index in [-0.39, 0.29) is 18.6 Å². The van der Waals surface area contributed by atoms with Gasteiger partial charge in [-0.15, -0.1) is 0 Å². The number of aliphatic hydroxyl groups excluding tert-OH is 1. The quantitative estimate of drug-likeness (QED) is 0.842. The van der Waals surface area contributed by atoms with E-state index in [1.807, 2.05) is 19.1 Å². The molecule has 21 heavy (non-hydrogen) atoms. The van der Waals surface area contributed by atoms with Gasteiger partial charge in [0.1, 0.15) is 0 Å². The van der Waals surface area contributed by atoms with Crippen LogP contribution in [0.2, 0.25) is 0 Å². The zero-order valence-electron chi connectivity index (χ0n) is 13.5. The highest BCUT2D eigenvalue weighted by molar-refractivity contribution is 7.89. The molecule has 1 N–H and O–H groups in total. The van der Waals surface area contributed by atoms with Gasteiger partial charge < -0.3 is 5.11 Å². The zero-order chi connectivity index (χ0) is 16.1. The van der Waals surface area contributed by atoms with E-state index in [1.54, 1.807) is 12.1 Å². The van der Waals surface area contributed by atoms with Crippen molar-refractivity contribution in [2.24, 2.45) is 0 Å². The van der Waals surface area contributed by atoms with Gasteiger partial charge in [0.05, 0.1) is 11.5 Å². The van der Waals surface area contributed by atoms with Gasteiger partial charge in [0.2, 0.25) is 10.0 Å². The monoisotopic (exact) mass is 313 g/mol. The second-order valence-corrected chi connectivity index (χ2v) is 8.19. The van der Waals surface area contributed by atoms with Crippen LogP contribution in [-0.2, 0) is 15.4 Å². The fourth-order valence-corrected chi connectivity index (χ4v) is 3.54. The molecule has 1 rings (SSSR count). The maximum absolute atomic E-state index is 12.6. The van der Waals surface area contributed by atoms with Crippen molar-refractivity contribution in [3.8, 4) is 0 Å². The molecule has 1 aromatic rings. The van der Waals surface area contributed by atoms with Crippen molar-refractivity contribution in [3.05, 3.63) is 29.8 Å². The minimum atomic E-state index is -3.52. The normalized spacial score (nSPS) is 12.9. The molecule has 4 nitrogen and oxygen atoms in total. The largest absolute Gasteiger partial charge is 0.395 e. The summed E-state index contributed by atoms with van der Waals surface area (Å²) in [5, 5.41) is 9.09. The molecular weight excluding hydrogens is 286 g/mol. The zero-order valence-corrected chi connectivity index (χ0v) is 14.3. The molecule has 0 bridgehead atoms. The van der Waals surface area contributed by atoms with Crippen molar-refractivity contribution in [1.82, 2.24) is 4.31 Å². The van der Waals surface area contributed by atoms with E-state index in [2.05, 4.69) is 20.8 Å². The molecule has 0 aliphatic rings. The van der Waals surface area contributed by atoms with E-state index in [0.717, 1.165) is 18.4 Å². The average molecular weight is 313 g/mol. The van der Waals surface area contributed by atoms with Gasteiger partial charge in [0, 0.05) is 13.1 Å². The van der Waals surface area contributed by atoms with Crippen LogP contribution in [0.5, 0.6) is 0 Å². The highest BCUT2D eigenvalue weighted by atomic mass is 32.2. The van der Waals surface area contributed by atoms with E-state index < -0.39 is 10.0 Å². The molecule has 0 aliphatic carbocycles. The molecule has 0 radical (unpaired) electrons. The number of sulfonamides is 1. The first-order chi connectivity index (χ1) is 9.73. The number of hydrogen-bond acceptors (Lipinski definition) is 3. The SMILES string of the molecule is CCCCN(CCO)S(=O)(=O)c1ccc(C(C)(C)C)cc1. The van der Waals surface area contributed by atoms with Gasteiger partial charge in [-0.3, -0.25) is 0 Å². The molecule has 0 unspecified atom stereocenters. The molecule has 0 heterocycles. The molecular formula is C16H27NO3S. The second-order valence-electron chi connectivity index (χ2n) is 6.26. The highest BCUT2D eigenvalue weighted by Crippen LogP contribution is 2.24. The predicted octanol–water partition coefficient (Wildman–Crippen LogP) is 2.77. The Hall–Kier alpha value is -0.910. The molecule has 0 fully saturated rings. The fraction of sp³-hybridized carbons (Fsp3) is 0.625. The highest BCUT2D eigenvalue weighted by Gasteiger charge is 2.24. The summed E-state index contributed by atoms with van der Waals surface area (Å²) in [7, 11) is -3.52. The Labute approximate surface area is 128 Å². The molecule has 0 aliphatic heterocycles. The van der Waals surface area contributed by atoms with Gasteiger partial charge in [-0.05, 0) is 29.5 Å². The lowest BCUT2D eigenvalue weighted by Crippen LogP contribution is -2.34. The Morgan fingerprint density at radius 1 is 1.10 bits per heavy atom. The molecule has 120 valence electrons. The molecule has 0 amide bonds. The maximum atomic E-state index is 12.6. The fourth-order valence-electron chi connectivity index (χ4n) is 2.07. The van der Waals surface area contributed by atoms with E-state index in [1.165, 1.54) is 4.31 Å². The number of hydrogen-bond donors (Lipinski definition) is 1. The molecule has 5 heteroatoms. The smallest absolute Gasteiger partial charge is 0.243 e. The Morgan fingerprint density at radius 2 is 1.67 bits per heavy atom. The van der Waals surface area contributed by atoms with Crippen LogP contribution in [0.15, 0.2) is 29.2 Å². The predicted molar refractivity (Wildman–Crippen MR) is 85.9 cm³/mol. The number of rotatable bonds is 7. The van der Waals surface area contributed by atoms with Crippen LogP contribution in [0, 0.1) is 0 Å². The van der Waals surface area contributed by atoms with E-state index in [0.29, 0.717) is 11.4 Å². The Morgan fingerprint density at radius 3 is 2.10 bits per heavy atom. The van der Waals surface area contributed by atoms with Crippen LogP contribution in [0.3, 0.4) is 0 Å². The Bertz CT molecular complexity index is 530. The van der Waals surface area contributed by atoms with E-state index in [4.69, 9.17) is 5.11 Å². The Kier molecular flexibility index (Phi) is 6.38. The summed E-state index contributed by atoms with van der Waals surface area (Å²) in [6.07, 6.45) is 1.71. The third-order valence-electron chi connectivity index (χ3n) is 3.47. The number of aliphatic hydroxyl groups is 1. The third kappa shape index (κ3) is 4.80. The van der Waals surface area contributed by atoms with E-state index in [9.17, 15) is 8.42 Å². The van der Waals surface area contributed by atoms with Gasteiger partial charge in [0.15, 0.2) is 0 Å². The van der Waals surface area contributed by atoms with Gasteiger partial charge in [-0.1, -0.05) is 46.2 Å². The first-order valence-corrected chi connectivity index (χ1v) is 8.89. The summed E-state index contributed by atoms with van der Waals surface area (Å²) in [4.78, 5) is 0.292. The lowest BCUT2D eigenvalue weighted by atomic mass is 9.87. The standard InChI is InChI=1S/C16H27NO3S/c1-5-6-11-17(12-13-18)21(19,20)15-9-7-14(8-10-15)16(2,3)4/h7-10,18H,5-6,11-13H2,1-4H3. The van der Waals surface area contributed by atoms with Crippen LogP contribution >= 0.6 is 0 Å². The molecule has 0 spiro atoms. The van der Waals surface area contributed by atoms with Gasteiger partial charge in [-0.2, -0.15) is 4.31 Å². The average Bonchev–Trinajstić information content (AvgIpc) is 2.42. The summed E-state index contributed by atoms with van der Waals surface area (Å²) >= 11 is 0. The number of nitrogens with zero attached hydrogens (tertiary/aromatic N) is 1. The van der Waals surface area contributed by atoms with Crippen molar-refractivity contribution < 1.29 is 13.5 Å². The topological polar surface area (TPSA) is 57.6 Å². The van der Waals surface area contributed by atoms with Gasteiger partial charge in [0.25, 0.3) is 0 Å². The summed E-state index contributed by atoms with van der Waals surface area (Å²) < 4.78 is 26.6. The summed E-state index contributed by atoms with van der Waals surface area (Å²) in [6.45, 7) is 8.72. The summed E-state index contributed by atoms with van der Waals surface area (Å²) in [6, 6.07) is 7.05. The summed E-state index contributed by atoms with van der Waals surface area (Å²) in [5.41, 5.74) is 1.10. The van der Waals surface area contributed by atoms with Crippen molar-refractivity contribution in [2.75, 3.05) is 19.7 Å². The molecule has 0 aromatic heterocycles. The first-order valence-electron chi connectivity index (χ1n) is 7.45. The Balaban J connectivity index is 3.04. The molecule has 0 saturated carbocycles. The minimum Gasteiger partial charge on any atom is -0.395 e. The molecule has 0 saturated heterocycles. The van der Waals surface area contributed by atoms with Crippen LogP contribution in [0.25, 0.3) is 0 Å². The number of benzene rings is 1. The van der Waals surface area contributed by atoms with E-state index >= 15 is 0 Å². The molecule has 0 atom stereocenters. The van der Waals surface area contributed by atoms with Crippen molar-refractivity contribution in [3.63, 3.8) is 0 Å². The lowest BCUT2D eigenvalue weighted by molar-refractivity contribution is 0.252. The van der Waals surface area contributed by atoms with Crippen LogP contribution in [0.1, 0.15) is 46.1 Å².